The summed E-state index contributed by atoms with van der Waals surface area (Å²) in [5.41, 5.74) is 8.60. The molecule has 2 aliphatic rings. The molecule has 0 spiro atoms. The Labute approximate surface area is 120 Å². The summed E-state index contributed by atoms with van der Waals surface area (Å²) in [6.45, 7) is 0. The van der Waals surface area contributed by atoms with Crippen LogP contribution in [0.1, 0.15) is 12.0 Å². The van der Waals surface area contributed by atoms with Crippen molar-refractivity contribution >= 4 is 11.6 Å². The molecule has 2 heterocycles. The minimum atomic E-state index is -0.819. The van der Waals surface area contributed by atoms with Crippen molar-refractivity contribution in [3.63, 3.8) is 0 Å². The van der Waals surface area contributed by atoms with E-state index in [0.717, 1.165) is 23.2 Å². The van der Waals surface area contributed by atoms with Crippen LogP contribution in [0.5, 0.6) is 0 Å². The first-order valence-electron chi connectivity index (χ1n) is 6.17. The van der Waals surface area contributed by atoms with Gasteiger partial charge >= 0.3 is 0 Å². The highest BCUT2D eigenvalue weighted by molar-refractivity contribution is 6.32. The Balaban J connectivity index is 1.74. The third-order valence-electron chi connectivity index (χ3n) is 3.21. The van der Waals surface area contributed by atoms with E-state index < -0.39 is 11.6 Å². The number of aryl methyl sites for hydroxylation is 1. The fourth-order valence-electron chi connectivity index (χ4n) is 2.19. The highest BCUT2D eigenvalue weighted by Gasteiger charge is 2.20. The first-order valence-corrected chi connectivity index (χ1v) is 6.55. The van der Waals surface area contributed by atoms with Crippen molar-refractivity contribution < 1.29 is 8.78 Å². The molecular weight excluding hydrogens is 284 g/mol. The van der Waals surface area contributed by atoms with Gasteiger partial charge in [0, 0.05) is 11.9 Å². The molecule has 0 radical (unpaired) electrons. The van der Waals surface area contributed by atoms with Crippen molar-refractivity contribution in [2.24, 2.45) is 0 Å². The van der Waals surface area contributed by atoms with Crippen LogP contribution in [-0.2, 0) is 6.42 Å². The quantitative estimate of drug-likeness (QED) is 0.802. The van der Waals surface area contributed by atoms with Gasteiger partial charge in [0.15, 0.2) is 11.6 Å². The Morgan fingerprint density at radius 2 is 2.00 bits per heavy atom. The lowest BCUT2D eigenvalue weighted by Crippen LogP contribution is -2.24. The standard InChI is InChI=1S/C14H12ClF2N3/c15-10-6-9(19-12-7-18-20-14(10)12)5-4-8-2-1-3-11(16)13(8)17/h1-3,6-7,18-20H,4-5H2. The highest BCUT2D eigenvalue weighted by atomic mass is 35.5. The van der Waals surface area contributed by atoms with Crippen LogP contribution in [0.15, 0.2) is 52.6 Å². The fraction of sp³-hybridized carbons (Fsp3) is 0.143. The Bertz CT molecular complexity index is 650. The van der Waals surface area contributed by atoms with Crippen LogP contribution in [0.2, 0.25) is 0 Å². The van der Waals surface area contributed by atoms with Crippen molar-refractivity contribution in [2.75, 3.05) is 0 Å². The summed E-state index contributed by atoms with van der Waals surface area (Å²) >= 11 is 6.14. The molecule has 3 rings (SSSR count). The largest absolute Gasteiger partial charge is 0.356 e. The number of dihydropyridines is 1. The zero-order chi connectivity index (χ0) is 14.1. The number of hydrazine groups is 1. The maximum atomic E-state index is 13.6. The van der Waals surface area contributed by atoms with Gasteiger partial charge < -0.3 is 10.7 Å². The van der Waals surface area contributed by atoms with Crippen LogP contribution in [0, 0.1) is 11.6 Å². The number of nitrogens with one attached hydrogen (secondary N) is 3. The van der Waals surface area contributed by atoms with E-state index in [4.69, 9.17) is 11.6 Å². The first-order chi connectivity index (χ1) is 9.65. The minimum Gasteiger partial charge on any atom is -0.356 e. The number of hydrogen-bond acceptors (Lipinski definition) is 3. The molecule has 0 unspecified atom stereocenters. The maximum absolute atomic E-state index is 13.6. The Morgan fingerprint density at radius 1 is 1.15 bits per heavy atom. The van der Waals surface area contributed by atoms with Gasteiger partial charge in [-0.1, -0.05) is 23.7 Å². The minimum absolute atomic E-state index is 0.357. The van der Waals surface area contributed by atoms with Crippen LogP contribution in [0.3, 0.4) is 0 Å². The number of benzene rings is 1. The molecule has 0 amide bonds. The second-order valence-electron chi connectivity index (χ2n) is 4.56. The van der Waals surface area contributed by atoms with Crippen molar-refractivity contribution in [2.45, 2.75) is 12.8 Å². The lowest BCUT2D eigenvalue weighted by atomic mass is 10.1. The summed E-state index contributed by atoms with van der Waals surface area (Å²) in [4.78, 5) is 0. The van der Waals surface area contributed by atoms with Crippen molar-refractivity contribution in [1.82, 2.24) is 16.2 Å². The molecule has 3 nitrogen and oxygen atoms in total. The molecule has 0 aromatic heterocycles. The van der Waals surface area contributed by atoms with Crippen LogP contribution < -0.4 is 16.2 Å². The van der Waals surface area contributed by atoms with E-state index in [-0.39, 0.29) is 0 Å². The van der Waals surface area contributed by atoms with Crippen LogP contribution in [0.4, 0.5) is 8.78 Å². The van der Waals surface area contributed by atoms with Gasteiger partial charge in [-0.2, -0.15) is 0 Å². The molecule has 6 heteroatoms. The SMILES string of the molecule is Fc1cccc(CCC2=CC(Cl)=C3NNC=C3N2)c1F. The van der Waals surface area contributed by atoms with Gasteiger partial charge in [-0.05, 0) is 30.5 Å². The summed E-state index contributed by atoms with van der Waals surface area (Å²) in [5, 5.41) is 3.77. The molecule has 3 N–H and O–H groups in total. The van der Waals surface area contributed by atoms with Gasteiger partial charge in [0.1, 0.15) is 0 Å². The zero-order valence-electron chi connectivity index (χ0n) is 10.4. The molecular formula is C14H12ClF2N3. The smallest absolute Gasteiger partial charge is 0.162 e. The van der Waals surface area contributed by atoms with E-state index in [1.54, 1.807) is 18.3 Å². The van der Waals surface area contributed by atoms with Gasteiger partial charge in [-0.3, -0.25) is 5.43 Å². The summed E-state index contributed by atoms with van der Waals surface area (Å²) in [5.74, 6) is -1.60. The molecule has 0 atom stereocenters. The Kier molecular flexibility index (Phi) is 3.36. The van der Waals surface area contributed by atoms with Gasteiger partial charge in [0.25, 0.3) is 0 Å². The van der Waals surface area contributed by atoms with E-state index in [1.165, 1.54) is 6.07 Å². The third kappa shape index (κ3) is 2.36. The second-order valence-corrected chi connectivity index (χ2v) is 4.97. The molecule has 2 aliphatic heterocycles. The van der Waals surface area contributed by atoms with Crippen molar-refractivity contribution in [3.05, 3.63) is 69.8 Å². The molecule has 104 valence electrons. The topological polar surface area (TPSA) is 36.1 Å². The van der Waals surface area contributed by atoms with Gasteiger partial charge in [0.05, 0.1) is 16.4 Å². The number of rotatable bonds is 3. The molecule has 0 bridgehead atoms. The molecule has 1 aromatic rings. The molecule has 1 aromatic carbocycles. The number of fused-ring (bicyclic) bond motifs is 1. The van der Waals surface area contributed by atoms with Crippen molar-refractivity contribution in [3.8, 4) is 0 Å². The van der Waals surface area contributed by atoms with E-state index in [9.17, 15) is 8.78 Å². The molecule has 0 fully saturated rings. The molecule has 0 saturated carbocycles. The van der Waals surface area contributed by atoms with E-state index in [0.29, 0.717) is 23.4 Å². The van der Waals surface area contributed by atoms with E-state index in [1.807, 2.05) is 0 Å². The van der Waals surface area contributed by atoms with Crippen LogP contribution >= 0.6 is 11.6 Å². The lowest BCUT2D eigenvalue weighted by molar-refractivity contribution is 0.498. The Morgan fingerprint density at radius 3 is 2.85 bits per heavy atom. The highest BCUT2D eigenvalue weighted by Crippen LogP contribution is 2.26. The molecule has 0 saturated heterocycles. The van der Waals surface area contributed by atoms with Crippen LogP contribution in [0.25, 0.3) is 0 Å². The monoisotopic (exact) mass is 295 g/mol. The normalized spacial score (nSPS) is 16.8. The zero-order valence-corrected chi connectivity index (χ0v) is 11.2. The average Bonchev–Trinajstić information content (AvgIpc) is 2.89. The van der Waals surface area contributed by atoms with Crippen LogP contribution in [-0.4, -0.2) is 0 Å². The summed E-state index contributed by atoms with van der Waals surface area (Å²) < 4.78 is 26.7. The summed E-state index contributed by atoms with van der Waals surface area (Å²) in [7, 11) is 0. The predicted molar refractivity (Wildman–Crippen MR) is 73.1 cm³/mol. The van der Waals surface area contributed by atoms with E-state index >= 15 is 0 Å². The van der Waals surface area contributed by atoms with Gasteiger partial charge in [-0.15, -0.1) is 0 Å². The van der Waals surface area contributed by atoms with E-state index in [2.05, 4.69) is 16.2 Å². The maximum Gasteiger partial charge on any atom is 0.162 e. The molecule has 20 heavy (non-hydrogen) atoms. The fourth-order valence-corrected chi connectivity index (χ4v) is 2.47. The number of allylic oxidation sites excluding steroid dienone is 3. The lowest BCUT2D eigenvalue weighted by Gasteiger charge is -2.18. The van der Waals surface area contributed by atoms with Crippen molar-refractivity contribution in [1.29, 1.82) is 0 Å². The van der Waals surface area contributed by atoms with Gasteiger partial charge in [0.2, 0.25) is 0 Å². The second kappa shape index (κ2) is 5.17. The third-order valence-corrected chi connectivity index (χ3v) is 3.51. The first kappa shape index (κ1) is 13.0. The predicted octanol–water partition coefficient (Wildman–Crippen LogP) is 2.78. The molecule has 0 aliphatic carbocycles. The van der Waals surface area contributed by atoms with Gasteiger partial charge in [-0.25, -0.2) is 8.78 Å². The summed E-state index contributed by atoms with van der Waals surface area (Å²) in [6, 6.07) is 4.21. The average molecular weight is 296 g/mol. The number of halogens is 3. The summed E-state index contributed by atoms with van der Waals surface area (Å²) in [6.07, 6.45) is 4.48. The number of hydrogen-bond donors (Lipinski definition) is 3. The Hall–Kier alpha value is -2.01.